The van der Waals surface area contributed by atoms with E-state index in [2.05, 4.69) is 10.6 Å². The van der Waals surface area contributed by atoms with E-state index in [9.17, 15) is 14.4 Å². The smallest absolute Gasteiger partial charge is 0.291 e. The van der Waals surface area contributed by atoms with Gasteiger partial charge in [-0.3, -0.25) is 14.4 Å². The van der Waals surface area contributed by atoms with E-state index in [0.29, 0.717) is 18.8 Å². The van der Waals surface area contributed by atoms with Crippen molar-refractivity contribution in [3.05, 3.63) is 78.3 Å². The van der Waals surface area contributed by atoms with Gasteiger partial charge in [0.05, 0.1) is 12.2 Å². The molecule has 164 valence electrons. The standard InChI is InChI=1S/C24H23N3O4S/c1-32-20-5-2-4-19(13-20)27-15-17(12-22(27)28)23(29)25-14-16-7-9-18(10-8-16)26-24(30)21-6-3-11-31-21/h2-11,13,17H,12,14-15H2,1H3,(H,25,29)(H,26,30). The van der Waals surface area contributed by atoms with Crippen LogP contribution < -0.4 is 15.5 Å². The highest BCUT2D eigenvalue weighted by molar-refractivity contribution is 7.98. The van der Waals surface area contributed by atoms with Gasteiger partial charge < -0.3 is 20.0 Å². The summed E-state index contributed by atoms with van der Waals surface area (Å²) in [6.07, 6.45) is 3.63. The largest absolute Gasteiger partial charge is 0.459 e. The molecule has 0 spiro atoms. The van der Waals surface area contributed by atoms with Crippen molar-refractivity contribution in [3.8, 4) is 0 Å². The second-order valence-electron chi connectivity index (χ2n) is 7.45. The Labute approximate surface area is 190 Å². The first-order valence-electron chi connectivity index (χ1n) is 10.2. The Bertz CT molecular complexity index is 1110. The summed E-state index contributed by atoms with van der Waals surface area (Å²) in [4.78, 5) is 39.9. The summed E-state index contributed by atoms with van der Waals surface area (Å²) in [6, 6.07) is 18.2. The molecule has 1 aromatic heterocycles. The van der Waals surface area contributed by atoms with Crippen molar-refractivity contribution in [1.29, 1.82) is 0 Å². The third kappa shape index (κ3) is 5.03. The summed E-state index contributed by atoms with van der Waals surface area (Å²) in [5.74, 6) is -0.652. The molecule has 2 N–H and O–H groups in total. The number of rotatable bonds is 7. The van der Waals surface area contributed by atoms with Crippen LogP contribution in [-0.4, -0.2) is 30.5 Å². The molecule has 0 radical (unpaired) electrons. The maximum absolute atomic E-state index is 12.6. The van der Waals surface area contributed by atoms with E-state index in [1.54, 1.807) is 40.9 Å². The van der Waals surface area contributed by atoms with Crippen LogP contribution in [0.4, 0.5) is 11.4 Å². The predicted molar refractivity (Wildman–Crippen MR) is 124 cm³/mol. The van der Waals surface area contributed by atoms with Crippen LogP contribution in [0.5, 0.6) is 0 Å². The normalized spacial score (nSPS) is 15.6. The number of hydrogen-bond donors (Lipinski definition) is 2. The molecule has 1 aliphatic heterocycles. The number of benzene rings is 2. The lowest BCUT2D eigenvalue weighted by atomic mass is 10.1. The van der Waals surface area contributed by atoms with Gasteiger partial charge in [0.25, 0.3) is 5.91 Å². The fraction of sp³-hybridized carbons (Fsp3) is 0.208. The second-order valence-corrected chi connectivity index (χ2v) is 8.33. The van der Waals surface area contributed by atoms with Crippen molar-refractivity contribution >= 4 is 40.9 Å². The predicted octanol–water partition coefficient (Wildman–Crippen LogP) is 3.92. The first kappa shape index (κ1) is 21.7. The second kappa shape index (κ2) is 9.74. The summed E-state index contributed by atoms with van der Waals surface area (Å²) >= 11 is 1.61. The lowest BCUT2D eigenvalue weighted by molar-refractivity contribution is -0.126. The van der Waals surface area contributed by atoms with E-state index < -0.39 is 0 Å². The molecule has 1 saturated heterocycles. The zero-order chi connectivity index (χ0) is 22.5. The molecule has 1 atom stereocenters. The molecule has 0 aliphatic carbocycles. The Kier molecular flexibility index (Phi) is 6.61. The number of nitrogens with zero attached hydrogens (tertiary/aromatic N) is 1. The molecule has 0 bridgehead atoms. The van der Waals surface area contributed by atoms with Crippen molar-refractivity contribution in [1.82, 2.24) is 5.32 Å². The minimum atomic E-state index is -0.382. The van der Waals surface area contributed by atoms with Crippen molar-refractivity contribution < 1.29 is 18.8 Å². The summed E-state index contributed by atoms with van der Waals surface area (Å²) in [5, 5.41) is 5.66. The number of amides is 3. The van der Waals surface area contributed by atoms with E-state index in [0.717, 1.165) is 16.1 Å². The lowest BCUT2D eigenvalue weighted by Gasteiger charge is -2.17. The zero-order valence-electron chi connectivity index (χ0n) is 17.5. The van der Waals surface area contributed by atoms with Crippen LogP contribution in [0, 0.1) is 5.92 Å². The molecule has 0 saturated carbocycles. The third-order valence-corrected chi connectivity index (χ3v) is 6.01. The van der Waals surface area contributed by atoms with Crippen LogP contribution in [0.1, 0.15) is 22.5 Å². The van der Waals surface area contributed by atoms with E-state index in [4.69, 9.17) is 4.42 Å². The molecule has 7 nitrogen and oxygen atoms in total. The van der Waals surface area contributed by atoms with Gasteiger partial charge in [-0.1, -0.05) is 18.2 Å². The molecule has 1 fully saturated rings. The number of carbonyl (C=O) groups excluding carboxylic acids is 3. The average molecular weight is 450 g/mol. The van der Waals surface area contributed by atoms with Gasteiger partial charge >= 0.3 is 0 Å². The van der Waals surface area contributed by atoms with Crippen molar-refractivity contribution in [2.75, 3.05) is 23.0 Å². The first-order chi connectivity index (χ1) is 15.5. The van der Waals surface area contributed by atoms with Gasteiger partial charge in [-0.25, -0.2) is 0 Å². The summed E-state index contributed by atoms with van der Waals surface area (Å²) in [7, 11) is 0. The Balaban J connectivity index is 1.30. The maximum atomic E-state index is 12.6. The molecule has 1 unspecified atom stereocenters. The number of hydrogen-bond acceptors (Lipinski definition) is 5. The van der Waals surface area contributed by atoms with Gasteiger partial charge in [0.1, 0.15) is 0 Å². The molecule has 3 aromatic rings. The highest BCUT2D eigenvalue weighted by Crippen LogP contribution is 2.28. The van der Waals surface area contributed by atoms with Crippen LogP contribution in [0.25, 0.3) is 0 Å². The van der Waals surface area contributed by atoms with Crippen LogP contribution in [-0.2, 0) is 16.1 Å². The molecular weight excluding hydrogens is 426 g/mol. The topological polar surface area (TPSA) is 91.7 Å². The minimum absolute atomic E-state index is 0.0416. The quantitative estimate of drug-likeness (QED) is 0.534. The van der Waals surface area contributed by atoms with Crippen molar-refractivity contribution in [2.45, 2.75) is 17.9 Å². The molecule has 1 aliphatic rings. The van der Waals surface area contributed by atoms with E-state index >= 15 is 0 Å². The Morgan fingerprint density at radius 1 is 1.12 bits per heavy atom. The van der Waals surface area contributed by atoms with Gasteiger partial charge in [0, 0.05) is 35.8 Å². The Morgan fingerprint density at radius 3 is 2.66 bits per heavy atom. The molecule has 3 amide bonds. The summed E-state index contributed by atoms with van der Waals surface area (Å²) < 4.78 is 5.07. The fourth-order valence-electron chi connectivity index (χ4n) is 3.55. The molecule has 2 aromatic carbocycles. The number of nitrogens with one attached hydrogen (secondary N) is 2. The third-order valence-electron chi connectivity index (χ3n) is 5.28. The number of thioether (sulfide) groups is 1. The molecular formula is C24H23N3O4S. The van der Waals surface area contributed by atoms with Crippen LogP contribution in [0.3, 0.4) is 0 Å². The Morgan fingerprint density at radius 2 is 1.94 bits per heavy atom. The van der Waals surface area contributed by atoms with E-state index in [1.807, 2.05) is 42.7 Å². The summed E-state index contributed by atoms with van der Waals surface area (Å²) in [6.45, 7) is 0.720. The monoisotopic (exact) mass is 449 g/mol. The van der Waals surface area contributed by atoms with Gasteiger partial charge in [-0.05, 0) is 54.3 Å². The highest BCUT2D eigenvalue weighted by Gasteiger charge is 2.35. The highest BCUT2D eigenvalue weighted by atomic mass is 32.2. The average Bonchev–Trinajstić information content (AvgIpc) is 3.49. The van der Waals surface area contributed by atoms with Crippen molar-refractivity contribution in [2.24, 2.45) is 5.92 Å². The van der Waals surface area contributed by atoms with Crippen LogP contribution >= 0.6 is 11.8 Å². The minimum Gasteiger partial charge on any atom is -0.459 e. The zero-order valence-corrected chi connectivity index (χ0v) is 18.4. The van der Waals surface area contributed by atoms with Gasteiger partial charge in [0.15, 0.2) is 5.76 Å². The SMILES string of the molecule is CSc1cccc(N2CC(C(=O)NCc3ccc(NC(=O)c4ccco4)cc3)CC2=O)c1. The Hall–Kier alpha value is -3.52. The van der Waals surface area contributed by atoms with Gasteiger partial charge in [-0.15, -0.1) is 11.8 Å². The molecule has 2 heterocycles. The number of anilines is 2. The first-order valence-corrected chi connectivity index (χ1v) is 11.4. The van der Waals surface area contributed by atoms with Crippen LogP contribution in [0.2, 0.25) is 0 Å². The van der Waals surface area contributed by atoms with E-state index in [1.165, 1.54) is 6.26 Å². The van der Waals surface area contributed by atoms with Crippen molar-refractivity contribution in [3.63, 3.8) is 0 Å². The van der Waals surface area contributed by atoms with Crippen LogP contribution in [0.15, 0.2) is 76.2 Å². The fourth-order valence-corrected chi connectivity index (χ4v) is 4.00. The molecule has 8 heteroatoms. The maximum Gasteiger partial charge on any atom is 0.291 e. The number of furan rings is 1. The van der Waals surface area contributed by atoms with E-state index in [-0.39, 0.29) is 35.8 Å². The molecule has 4 rings (SSSR count). The molecule has 32 heavy (non-hydrogen) atoms. The lowest BCUT2D eigenvalue weighted by Crippen LogP contribution is -2.32. The van der Waals surface area contributed by atoms with Gasteiger partial charge in [-0.2, -0.15) is 0 Å². The summed E-state index contributed by atoms with van der Waals surface area (Å²) in [5.41, 5.74) is 2.35. The van der Waals surface area contributed by atoms with Gasteiger partial charge in [0.2, 0.25) is 11.8 Å². The number of carbonyl (C=O) groups is 3.